The first-order valence-electron chi connectivity index (χ1n) is 10.1. The lowest BCUT2D eigenvalue weighted by molar-refractivity contribution is -0.137. The fourth-order valence-electron chi connectivity index (χ4n) is 3.25. The summed E-state index contributed by atoms with van der Waals surface area (Å²) in [6.45, 7) is 0. The number of carboxylic acid groups (broad SMARTS) is 1. The maximum Gasteiger partial charge on any atom is 0.418 e. The van der Waals surface area contributed by atoms with Crippen LogP contribution in [-0.2, 0) is 11.0 Å². The molecule has 0 aliphatic heterocycles. The second kappa shape index (κ2) is 10.2. The van der Waals surface area contributed by atoms with Gasteiger partial charge < -0.3 is 15.3 Å². The van der Waals surface area contributed by atoms with Crippen molar-refractivity contribution in [2.24, 2.45) is 0 Å². The minimum absolute atomic E-state index is 0.186. The topological polar surface area (TPSA) is 125 Å². The van der Waals surface area contributed by atoms with Crippen molar-refractivity contribution in [1.29, 1.82) is 0 Å². The lowest BCUT2D eigenvalue weighted by Crippen LogP contribution is -2.21. The van der Waals surface area contributed by atoms with Gasteiger partial charge in [0, 0.05) is 37.6 Å². The Morgan fingerprint density at radius 3 is 2.34 bits per heavy atom. The summed E-state index contributed by atoms with van der Waals surface area (Å²) in [6, 6.07) is 7.89. The Hall–Kier alpha value is -4.48. The number of hydrogen-bond acceptors (Lipinski definition) is 6. The van der Waals surface area contributed by atoms with E-state index in [4.69, 9.17) is 5.11 Å². The van der Waals surface area contributed by atoms with E-state index in [2.05, 4.69) is 15.3 Å². The number of benzene rings is 2. The number of halogens is 3. The maximum absolute atomic E-state index is 13.6. The molecule has 182 valence electrons. The molecule has 2 aromatic carbocycles. The number of anilines is 3. The van der Waals surface area contributed by atoms with E-state index in [0.29, 0.717) is 17.3 Å². The molecule has 0 spiro atoms. The molecule has 35 heavy (non-hydrogen) atoms. The monoisotopic (exact) mass is 487 g/mol. The average molecular weight is 487 g/mol. The third kappa shape index (κ3) is 6.31. The number of nitrogens with one attached hydrogen (secondary N) is 2. The van der Waals surface area contributed by atoms with Crippen molar-refractivity contribution in [3.8, 4) is 11.3 Å². The Morgan fingerprint density at radius 1 is 1.03 bits per heavy atom. The van der Waals surface area contributed by atoms with Gasteiger partial charge in [0.15, 0.2) is 5.78 Å². The van der Waals surface area contributed by atoms with Crippen LogP contribution in [0.25, 0.3) is 11.3 Å². The molecule has 0 aliphatic carbocycles. The summed E-state index contributed by atoms with van der Waals surface area (Å²) in [5, 5.41) is 13.3. The van der Waals surface area contributed by atoms with E-state index < -0.39 is 41.6 Å². The molecule has 0 fully saturated rings. The third-order valence-electron chi connectivity index (χ3n) is 4.80. The molecule has 0 radical (unpaired) electrons. The van der Waals surface area contributed by atoms with Gasteiger partial charge in [-0.05, 0) is 18.2 Å². The zero-order valence-electron chi connectivity index (χ0n) is 18.6. The van der Waals surface area contributed by atoms with Crippen LogP contribution in [0, 0.1) is 0 Å². The van der Waals surface area contributed by atoms with Gasteiger partial charge in [-0.2, -0.15) is 13.2 Å². The Balaban J connectivity index is 1.86. The van der Waals surface area contributed by atoms with Crippen LogP contribution in [0.5, 0.6) is 0 Å². The third-order valence-corrected chi connectivity index (χ3v) is 4.80. The largest absolute Gasteiger partial charge is 0.465 e. The Kier molecular flexibility index (Phi) is 7.33. The van der Waals surface area contributed by atoms with Gasteiger partial charge in [-0.3, -0.25) is 24.9 Å². The first-order valence-corrected chi connectivity index (χ1v) is 10.1. The van der Waals surface area contributed by atoms with Crippen molar-refractivity contribution in [1.82, 2.24) is 9.97 Å². The van der Waals surface area contributed by atoms with Gasteiger partial charge in [-0.25, -0.2) is 4.79 Å². The van der Waals surface area contributed by atoms with Crippen molar-refractivity contribution >= 4 is 34.8 Å². The number of ketones is 1. The molecule has 0 saturated carbocycles. The van der Waals surface area contributed by atoms with Crippen molar-refractivity contribution in [3.63, 3.8) is 0 Å². The normalized spacial score (nSPS) is 11.0. The van der Waals surface area contributed by atoms with Crippen LogP contribution in [-0.4, -0.2) is 47.0 Å². The van der Waals surface area contributed by atoms with Gasteiger partial charge in [0.1, 0.15) is 0 Å². The van der Waals surface area contributed by atoms with Crippen LogP contribution >= 0.6 is 0 Å². The quantitative estimate of drug-likeness (QED) is 0.330. The number of rotatable bonds is 7. The van der Waals surface area contributed by atoms with E-state index in [1.165, 1.54) is 44.8 Å². The second-order valence-corrected chi connectivity index (χ2v) is 7.56. The molecular weight excluding hydrogens is 467 g/mol. The minimum Gasteiger partial charge on any atom is -0.465 e. The molecule has 1 heterocycles. The molecule has 0 atom stereocenters. The van der Waals surface area contributed by atoms with Crippen molar-refractivity contribution < 1.29 is 32.7 Å². The number of Topliss-reactive ketones (excluding diaryl/α,β-unsaturated/α-hetero) is 1. The van der Waals surface area contributed by atoms with E-state index in [0.717, 1.165) is 11.0 Å². The lowest BCUT2D eigenvalue weighted by Gasteiger charge is -2.22. The zero-order valence-corrected chi connectivity index (χ0v) is 18.6. The van der Waals surface area contributed by atoms with Crippen molar-refractivity contribution in [2.45, 2.75) is 12.6 Å². The van der Waals surface area contributed by atoms with E-state index in [-0.39, 0.29) is 16.9 Å². The smallest absolute Gasteiger partial charge is 0.418 e. The molecule has 0 saturated heterocycles. The van der Waals surface area contributed by atoms with E-state index in [1.807, 2.05) is 5.32 Å². The van der Waals surface area contributed by atoms with Crippen LogP contribution in [0.15, 0.2) is 55.0 Å². The summed E-state index contributed by atoms with van der Waals surface area (Å²) in [5.41, 5.74) is -0.821. The molecule has 3 rings (SSSR count). The highest BCUT2D eigenvalue weighted by Crippen LogP contribution is 2.41. The summed E-state index contributed by atoms with van der Waals surface area (Å²) >= 11 is 0. The molecule has 0 unspecified atom stereocenters. The molecule has 12 heteroatoms. The lowest BCUT2D eigenvalue weighted by atomic mass is 10.0. The molecule has 9 nitrogen and oxygen atoms in total. The molecule has 3 N–H and O–H groups in total. The number of nitrogens with zero attached hydrogens (tertiary/aromatic N) is 3. The summed E-state index contributed by atoms with van der Waals surface area (Å²) in [4.78, 5) is 45.6. The van der Waals surface area contributed by atoms with Gasteiger partial charge >= 0.3 is 12.3 Å². The summed E-state index contributed by atoms with van der Waals surface area (Å²) < 4.78 is 40.8. The molecule has 3 aromatic rings. The Bertz CT molecular complexity index is 1260. The van der Waals surface area contributed by atoms with Crippen LogP contribution in [0.2, 0.25) is 0 Å². The van der Waals surface area contributed by atoms with E-state index in [1.54, 1.807) is 12.1 Å². The minimum atomic E-state index is -4.78. The Labute approximate surface area is 197 Å². The number of carbonyl (C=O) groups is 3. The molecule has 2 amide bonds. The second-order valence-electron chi connectivity index (χ2n) is 7.56. The highest BCUT2D eigenvalue weighted by atomic mass is 19.4. The fraction of sp³-hybridized carbons (Fsp3) is 0.174. The first-order chi connectivity index (χ1) is 16.5. The van der Waals surface area contributed by atoms with Gasteiger partial charge in [0.25, 0.3) is 0 Å². The van der Waals surface area contributed by atoms with Gasteiger partial charge in [-0.1, -0.05) is 18.2 Å². The van der Waals surface area contributed by atoms with Crippen LogP contribution < -0.4 is 15.5 Å². The first kappa shape index (κ1) is 25.1. The number of amides is 2. The number of hydrogen-bond donors (Lipinski definition) is 3. The van der Waals surface area contributed by atoms with Gasteiger partial charge in [-0.15, -0.1) is 0 Å². The average Bonchev–Trinajstić information content (AvgIpc) is 2.79. The highest BCUT2D eigenvalue weighted by Gasteiger charge is 2.35. The van der Waals surface area contributed by atoms with Crippen molar-refractivity contribution in [2.75, 3.05) is 29.6 Å². The SMILES string of the molecule is CN(C)c1cc(NC(=O)O)c(NC(=O)CC(=O)c2cccc(-c3cnccn3)c2)cc1C(F)(F)F. The molecule has 1 aromatic heterocycles. The standard InChI is InChI=1S/C23H20F3N5O4/c1-31(2)19-10-17(30-22(34)35)16(9-15(19)23(24,25)26)29-21(33)11-20(32)14-5-3-4-13(8-14)18-12-27-6-7-28-18/h3-10,12,30H,11H2,1-2H3,(H,29,33)(H,34,35). The predicted molar refractivity (Wildman–Crippen MR) is 122 cm³/mol. The Morgan fingerprint density at radius 2 is 1.74 bits per heavy atom. The molecular formula is C23H20F3N5O4. The van der Waals surface area contributed by atoms with E-state index in [9.17, 15) is 27.6 Å². The highest BCUT2D eigenvalue weighted by molar-refractivity contribution is 6.12. The zero-order chi connectivity index (χ0) is 25.8. The number of alkyl halides is 3. The number of aromatic nitrogens is 2. The summed E-state index contributed by atoms with van der Waals surface area (Å²) in [7, 11) is 2.72. The van der Waals surface area contributed by atoms with Crippen LogP contribution in [0.4, 0.5) is 35.0 Å². The predicted octanol–water partition coefficient (Wildman–Crippen LogP) is 4.53. The van der Waals surface area contributed by atoms with Gasteiger partial charge in [0.05, 0.1) is 40.9 Å². The van der Waals surface area contributed by atoms with Crippen LogP contribution in [0.1, 0.15) is 22.3 Å². The maximum atomic E-state index is 13.6. The molecule has 0 bridgehead atoms. The summed E-state index contributed by atoms with van der Waals surface area (Å²) in [6.07, 6.45) is -2.53. The van der Waals surface area contributed by atoms with E-state index >= 15 is 0 Å². The van der Waals surface area contributed by atoms with Crippen LogP contribution in [0.3, 0.4) is 0 Å². The number of carbonyl (C=O) groups excluding carboxylic acids is 2. The molecule has 0 aliphatic rings. The van der Waals surface area contributed by atoms with Gasteiger partial charge in [0.2, 0.25) is 5.91 Å². The van der Waals surface area contributed by atoms with Crippen molar-refractivity contribution in [3.05, 3.63) is 66.1 Å². The summed E-state index contributed by atoms with van der Waals surface area (Å²) in [5.74, 6) is -1.51. The fourth-order valence-corrected chi connectivity index (χ4v) is 3.25.